The number of carbonyl (C=O) groups is 2. The van der Waals surface area contributed by atoms with Crippen LogP contribution in [0.3, 0.4) is 0 Å². The Morgan fingerprint density at radius 2 is 1.77 bits per heavy atom. The maximum Gasteiger partial charge on any atom is 0.321 e. The van der Waals surface area contributed by atoms with Crippen LogP contribution in [-0.2, 0) is 14.8 Å². The van der Waals surface area contributed by atoms with Crippen molar-refractivity contribution in [1.29, 1.82) is 0 Å². The number of hydrogen-bond acceptors (Lipinski definition) is 5. The van der Waals surface area contributed by atoms with Crippen LogP contribution in [0, 0.1) is 6.92 Å². The molecule has 1 saturated heterocycles. The van der Waals surface area contributed by atoms with E-state index in [4.69, 9.17) is 0 Å². The van der Waals surface area contributed by atoms with Gasteiger partial charge in [-0.05, 0) is 43.2 Å². The second-order valence-corrected chi connectivity index (χ2v) is 10.5. The average Bonchev–Trinajstić information content (AvgIpc) is 3.11. The molecule has 2 aromatic carbocycles. The molecular formula is C25H31N5O4S. The van der Waals surface area contributed by atoms with Crippen molar-refractivity contribution in [2.45, 2.75) is 44.0 Å². The summed E-state index contributed by atoms with van der Waals surface area (Å²) in [5.41, 5.74) is 2.29. The van der Waals surface area contributed by atoms with Gasteiger partial charge in [-0.25, -0.2) is 13.2 Å². The molecule has 1 fully saturated rings. The van der Waals surface area contributed by atoms with Crippen LogP contribution in [0.5, 0.6) is 0 Å². The van der Waals surface area contributed by atoms with E-state index in [1.165, 1.54) is 6.07 Å². The quantitative estimate of drug-likeness (QED) is 0.639. The monoisotopic (exact) mass is 497 g/mol. The molecule has 9 nitrogen and oxygen atoms in total. The Kier molecular flexibility index (Phi) is 7.39. The maximum absolute atomic E-state index is 13.4. The zero-order valence-electron chi connectivity index (χ0n) is 20.0. The highest BCUT2D eigenvalue weighted by Crippen LogP contribution is 2.24. The first kappa shape index (κ1) is 24.7. The van der Waals surface area contributed by atoms with E-state index in [9.17, 15) is 18.0 Å². The number of unbranched alkanes of at least 4 members (excludes halogenated alkanes) is 1. The molecule has 0 radical (unpaired) electrons. The van der Waals surface area contributed by atoms with Crippen LogP contribution in [0.1, 0.15) is 37.3 Å². The standard InChI is InChI=1S/C25H31N5O4S/c1-3-4-11-21(27-23-20-10-5-6-12-22(20)35(33,34)28-23)24(31)29-13-15-30(16-14-29)25(32)26-19-9-7-8-18(2)17-19/h5-10,12,17,21H,3-4,11,13-16H2,1-2H3,(H,26,32)(H,27,28). The predicted octanol–water partition coefficient (Wildman–Crippen LogP) is 2.97. The zero-order valence-corrected chi connectivity index (χ0v) is 20.8. The fraction of sp³-hybridized carbons (Fsp3) is 0.400. The molecule has 2 N–H and O–H groups in total. The van der Waals surface area contributed by atoms with E-state index in [0.29, 0.717) is 38.2 Å². The fourth-order valence-electron chi connectivity index (χ4n) is 4.29. The number of aryl methyl sites for hydroxylation is 1. The number of carbonyl (C=O) groups excluding carboxylic acids is 2. The number of nitrogens with one attached hydrogen (secondary N) is 2. The lowest BCUT2D eigenvalue weighted by atomic mass is 10.1. The first-order chi connectivity index (χ1) is 16.8. The SMILES string of the molecule is CCCCC(N=C1NS(=O)(=O)c2ccccc21)C(=O)N1CCN(C(=O)Nc2cccc(C)c2)CC1. The molecule has 1 atom stereocenters. The van der Waals surface area contributed by atoms with Crippen LogP contribution < -0.4 is 10.0 Å². The molecule has 2 aliphatic rings. The highest BCUT2D eigenvalue weighted by atomic mass is 32.2. The molecule has 4 rings (SSSR count). The highest BCUT2D eigenvalue weighted by Gasteiger charge is 2.33. The van der Waals surface area contributed by atoms with Gasteiger partial charge in [0.05, 0.1) is 4.90 Å². The Bertz CT molecular complexity index is 1240. The van der Waals surface area contributed by atoms with Gasteiger partial charge in [0.25, 0.3) is 10.0 Å². The molecular weight excluding hydrogens is 466 g/mol. The topological polar surface area (TPSA) is 111 Å². The van der Waals surface area contributed by atoms with Gasteiger partial charge < -0.3 is 15.1 Å². The lowest BCUT2D eigenvalue weighted by Crippen LogP contribution is -2.53. The number of piperazine rings is 1. The Morgan fingerprint density at radius 3 is 2.49 bits per heavy atom. The number of aliphatic imine (C=N–C) groups is 1. The molecule has 0 aromatic heterocycles. The second-order valence-electron chi connectivity index (χ2n) is 8.85. The lowest BCUT2D eigenvalue weighted by molar-refractivity contribution is -0.134. The van der Waals surface area contributed by atoms with Crippen molar-refractivity contribution >= 4 is 33.5 Å². The van der Waals surface area contributed by atoms with Gasteiger partial charge in [-0.2, -0.15) is 0 Å². The van der Waals surface area contributed by atoms with Crippen LogP contribution in [0.25, 0.3) is 0 Å². The fourth-order valence-corrected chi connectivity index (χ4v) is 5.53. The Morgan fingerprint density at radius 1 is 1.06 bits per heavy atom. The maximum atomic E-state index is 13.4. The van der Waals surface area contributed by atoms with Crippen molar-refractivity contribution in [2.75, 3.05) is 31.5 Å². The van der Waals surface area contributed by atoms with E-state index >= 15 is 0 Å². The summed E-state index contributed by atoms with van der Waals surface area (Å²) in [6.07, 6.45) is 2.21. The van der Waals surface area contributed by atoms with Crippen molar-refractivity contribution in [3.05, 3.63) is 59.7 Å². The largest absolute Gasteiger partial charge is 0.337 e. The molecule has 0 bridgehead atoms. The van der Waals surface area contributed by atoms with Crippen molar-refractivity contribution in [1.82, 2.24) is 14.5 Å². The minimum atomic E-state index is -3.67. The third-order valence-corrected chi connectivity index (χ3v) is 7.61. The molecule has 3 amide bonds. The summed E-state index contributed by atoms with van der Waals surface area (Å²) in [5, 5.41) is 2.91. The van der Waals surface area contributed by atoms with Crippen LogP contribution >= 0.6 is 0 Å². The minimum absolute atomic E-state index is 0.145. The van der Waals surface area contributed by atoms with E-state index in [2.05, 4.69) is 15.0 Å². The van der Waals surface area contributed by atoms with Gasteiger partial charge in [0, 0.05) is 37.4 Å². The van der Waals surface area contributed by atoms with Gasteiger partial charge in [0.15, 0.2) is 0 Å². The summed E-state index contributed by atoms with van der Waals surface area (Å²) in [6, 6.07) is 13.4. The number of amidine groups is 1. The summed E-state index contributed by atoms with van der Waals surface area (Å²) < 4.78 is 27.4. The third kappa shape index (κ3) is 5.64. The molecule has 0 saturated carbocycles. The first-order valence-corrected chi connectivity index (χ1v) is 13.4. The Hall–Kier alpha value is -3.40. The van der Waals surface area contributed by atoms with E-state index in [-0.39, 0.29) is 22.7 Å². The van der Waals surface area contributed by atoms with Crippen LogP contribution in [0.2, 0.25) is 0 Å². The van der Waals surface area contributed by atoms with Crippen molar-refractivity contribution in [2.24, 2.45) is 4.99 Å². The van der Waals surface area contributed by atoms with Gasteiger partial charge in [-0.1, -0.05) is 44.0 Å². The smallest absolute Gasteiger partial charge is 0.321 e. The molecule has 0 spiro atoms. The Labute approximate surface area is 206 Å². The number of rotatable bonds is 6. The Balaban J connectivity index is 1.43. The van der Waals surface area contributed by atoms with Crippen LogP contribution in [-0.4, -0.2) is 68.2 Å². The van der Waals surface area contributed by atoms with Gasteiger partial charge in [-0.3, -0.25) is 14.5 Å². The molecule has 35 heavy (non-hydrogen) atoms. The van der Waals surface area contributed by atoms with E-state index in [0.717, 1.165) is 24.1 Å². The second kappa shape index (κ2) is 10.5. The van der Waals surface area contributed by atoms with Crippen LogP contribution in [0.15, 0.2) is 58.4 Å². The van der Waals surface area contributed by atoms with Gasteiger partial charge in [0.1, 0.15) is 11.9 Å². The first-order valence-electron chi connectivity index (χ1n) is 11.9. The molecule has 2 heterocycles. The van der Waals surface area contributed by atoms with Gasteiger partial charge >= 0.3 is 6.03 Å². The molecule has 2 aromatic rings. The molecule has 186 valence electrons. The summed E-state index contributed by atoms with van der Waals surface area (Å²) in [6.45, 7) is 5.62. The molecule has 2 aliphatic heterocycles. The van der Waals surface area contributed by atoms with Crippen molar-refractivity contribution in [3.63, 3.8) is 0 Å². The number of sulfonamides is 1. The molecule has 0 aliphatic carbocycles. The van der Waals surface area contributed by atoms with Crippen molar-refractivity contribution in [3.8, 4) is 0 Å². The van der Waals surface area contributed by atoms with E-state index < -0.39 is 16.1 Å². The normalized spacial score (nSPS) is 18.6. The molecule has 10 heteroatoms. The highest BCUT2D eigenvalue weighted by molar-refractivity contribution is 7.90. The summed E-state index contributed by atoms with van der Waals surface area (Å²) >= 11 is 0. The third-order valence-electron chi connectivity index (χ3n) is 6.21. The predicted molar refractivity (Wildman–Crippen MR) is 135 cm³/mol. The van der Waals surface area contributed by atoms with Gasteiger partial charge in [0.2, 0.25) is 5.91 Å². The van der Waals surface area contributed by atoms with Gasteiger partial charge in [-0.15, -0.1) is 0 Å². The van der Waals surface area contributed by atoms with Crippen molar-refractivity contribution < 1.29 is 18.0 Å². The minimum Gasteiger partial charge on any atom is -0.337 e. The zero-order chi connectivity index (χ0) is 25.0. The lowest BCUT2D eigenvalue weighted by Gasteiger charge is -2.36. The van der Waals surface area contributed by atoms with E-state index in [1.807, 2.05) is 38.1 Å². The number of anilines is 1. The van der Waals surface area contributed by atoms with E-state index in [1.54, 1.807) is 28.0 Å². The number of nitrogens with zero attached hydrogens (tertiary/aromatic N) is 3. The number of urea groups is 1. The number of hydrogen-bond donors (Lipinski definition) is 2. The molecule has 1 unspecified atom stereocenters. The summed E-state index contributed by atoms with van der Waals surface area (Å²) in [7, 11) is -3.67. The average molecular weight is 498 g/mol. The number of fused-ring (bicyclic) bond motifs is 1. The number of amides is 3. The summed E-state index contributed by atoms with van der Waals surface area (Å²) in [4.78, 5) is 34.2. The number of benzene rings is 2. The van der Waals surface area contributed by atoms with Crippen LogP contribution in [0.4, 0.5) is 10.5 Å². The summed E-state index contributed by atoms with van der Waals surface area (Å²) in [5.74, 6) is 0.0690.